The highest BCUT2D eigenvalue weighted by atomic mass is 79.9. The number of nitrogens with zero attached hydrogens (tertiary/aromatic N) is 1. The van der Waals surface area contributed by atoms with Gasteiger partial charge in [0.1, 0.15) is 5.82 Å². The van der Waals surface area contributed by atoms with Gasteiger partial charge in [0.25, 0.3) is 0 Å². The van der Waals surface area contributed by atoms with Gasteiger partial charge in [0.05, 0.1) is 12.0 Å². The largest absolute Gasteiger partial charge is 0.207 e. The second-order valence-electron chi connectivity index (χ2n) is 4.07. The fourth-order valence-electron chi connectivity index (χ4n) is 1.82. The first-order valence-electron chi connectivity index (χ1n) is 5.58. The van der Waals surface area contributed by atoms with E-state index >= 15 is 0 Å². The molecule has 1 unspecified atom stereocenters. The van der Waals surface area contributed by atoms with Crippen LogP contribution in [0.5, 0.6) is 0 Å². The third-order valence-electron chi connectivity index (χ3n) is 2.76. The molecule has 0 spiro atoms. The van der Waals surface area contributed by atoms with Crippen LogP contribution in [-0.4, -0.2) is 0 Å². The summed E-state index contributed by atoms with van der Waals surface area (Å²) in [5.74, 6) is -0.620. The lowest BCUT2D eigenvalue weighted by molar-refractivity contribution is 0.623. The standard InChI is InChI=1S/C15H11BrFN/c16-14-6-4-11(5-7-14)8-13(10-18)12-2-1-3-15(17)9-12/h1-7,9,13H,8H2. The zero-order valence-corrected chi connectivity index (χ0v) is 11.2. The molecule has 0 radical (unpaired) electrons. The highest BCUT2D eigenvalue weighted by Gasteiger charge is 2.12. The molecule has 0 heterocycles. The topological polar surface area (TPSA) is 23.8 Å². The van der Waals surface area contributed by atoms with Crippen molar-refractivity contribution in [2.75, 3.05) is 0 Å². The minimum atomic E-state index is -0.318. The molecule has 0 N–H and O–H groups in total. The molecule has 90 valence electrons. The minimum absolute atomic E-state index is 0.302. The van der Waals surface area contributed by atoms with E-state index in [0.29, 0.717) is 6.42 Å². The number of benzene rings is 2. The van der Waals surface area contributed by atoms with Crippen LogP contribution in [-0.2, 0) is 6.42 Å². The molecule has 0 saturated carbocycles. The maximum Gasteiger partial charge on any atom is 0.123 e. The van der Waals surface area contributed by atoms with Crippen LogP contribution in [0.15, 0.2) is 53.0 Å². The summed E-state index contributed by atoms with van der Waals surface area (Å²) < 4.78 is 14.1. The van der Waals surface area contributed by atoms with Gasteiger partial charge in [0, 0.05) is 4.47 Å². The quantitative estimate of drug-likeness (QED) is 0.822. The van der Waals surface area contributed by atoms with Gasteiger partial charge in [-0.1, -0.05) is 40.2 Å². The molecule has 0 amide bonds. The van der Waals surface area contributed by atoms with Gasteiger partial charge in [-0.3, -0.25) is 0 Å². The average molecular weight is 304 g/mol. The van der Waals surface area contributed by atoms with Gasteiger partial charge in [-0.15, -0.1) is 0 Å². The molecule has 0 saturated heterocycles. The Morgan fingerprint density at radius 1 is 1.17 bits per heavy atom. The second kappa shape index (κ2) is 5.79. The Kier molecular flexibility index (Phi) is 4.11. The van der Waals surface area contributed by atoms with Crippen LogP contribution in [0.3, 0.4) is 0 Å². The van der Waals surface area contributed by atoms with Gasteiger partial charge < -0.3 is 0 Å². The lowest BCUT2D eigenvalue weighted by Crippen LogP contribution is -2.00. The van der Waals surface area contributed by atoms with E-state index in [1.807, 2.05) is 24.3 Å². The zero-order valence-electron chi connectivity index (χ0n) is 9.61. The predicted octanol–water partition coefficient (Wildman–Crippen LogP) is 4.44. The molecule has 0 bridgehead atoms. The Balaban J connectivity index is 2.20. The second-order valence-corrected chi connectivity index (χ2v) is 4.98. The van der Waals surface area contributed by atoms with Crippen LogP contribution >= 0.6 is 15.9 Å². The molecule has 0 aromatic heterocycles. The van der Waals surface area contributed by atoms with E-state index in [2.05, 4.69) is 22.0 Å². The van der Waals surface area contributed by atoms with Crippen molar-refractivity contribution in [3.63, 3.8) is 0 Å². The minimum Gasteiger partial charge on any atom is -0.207 e. The number of nitriles is 1. The van der Waals surface area contributed by atoms with Crippen LogP contribution in [0.2, 0.25) is 0 Å². The Morgan fingerprint density at radius 3 is 2.50 bits per heavy atom. The molecule has 2 rings (SSSR count). The van der Waals surface area contributed by atoms with Crippen molar-refractivity contribution in [2.24, 2.45) is 0 Å². The van der Waals surface area contributed by atoms with Crippen molar-refractivity contribution in [3.05, 3.63) is 69.9 Å². The number of rotatable bonds is 3. The van der Waals surface area contributed by atoms with Crippen molar-refractivity contribution >= 4 is 15.9 Å². The van der Waals surface area contributed by atoms with Crippen molar-refractivity contribution in [3.8, 4) is 6.07 Å². The third-order valence-corrected chi connectivity index (χ3v) is 3.29. The van der Waals surface area contributed by atoms with E-state index in [9.17, 15) is 9.65 Å². The highest BCUT2D eigenvalue weighted by molar-refractivity contribution is 9.10. The van der Waals surface area contributed by atoms with Crippen molar-refractivity contribution < 1.29 is 4.39 Å². The summed E-state index contributed by atoms with van der Waals surface area (Å²) in [7, 11) is 0. The van der Waals surface area contributed by atoms with Gasteiger partial charge in [-0.25, -0.2) is 4.39 Å². The first-order valence-corrected chi connectivity index (χ1v) is 6.38. The lowest BCUT2D eigenvalue weighted by atomic mass is 9.93. The molecule has 2 aromatic rings. The van der Waals surface area contributed by atoms with E-state index in [-0.39, 0.29) is 11.7 Å². The van der Waals surface area contributed by atoms with E-state index < -0.39 is 0 Å². The first kappa shape index (κ1) is 12.8. The summed E-state index contributed by atoms with van der Waals surface area (Å²) in [6.45, 7) is 0. The molecule has 1 atom stereocenters. The molecule has 0 fully saturated rings. The van der Waals surface area contributed by atoms with Crippen LogP contribution in [0, 0.1) is 17.1 Å². The molecular weight excluding hydrogens is 293 g/mol. The summed E-state index contributed by atoms with van der Waals surface area (Å²) >= 11 is 3.37. The van der Waals surface area contributed by atoms with Gasteiger partial charge in [0.2, 0.25) is 0 Å². The summed E-state index contributed by atoms with van der Waals surface area (Å²) in [5, 5.41) is 9.20. The lowest BCUT2D eigenvalue weighted by Gasteiger charge is -2.09. The molecule has 0 aliphatic rings. The van der Waals surface area contributed by atoms with E-state index in [1.54, 1.807) is 12.1 Å². The predicted molar refractivity (Wildman–Crippen MR) is 72.6 cm³/mol. The number of hydrogen-bond donors (Lipinski definition) is 0. The van der Waals surface area contributed by atoms with Gasteiger partial charge >= 0.3 is 0 Å². The third kappa shape index (κ3) is 3.18. The molecule has 0 aliphatic carbocycles. The summed E-state index contributed by atoms with van der Waals surface area (Å²) in [5.41, 5.74) is 1.79. The highest BCUT2D eigenvalue weighted by Crippen LogP contribution is 2.22. The Labute approximate surface area is 114 Å². The van der Waals surface area contributed by atoms with Crippen LogP contribution in [0.4, 0.5) is 4.39 Å². The Morgan fingerprint density at radius 2 is 1.89 bits per heavy atom. The van der Waals surface area contributed by atoms with Gasteiger partial charge in [-0.2, -0.15) is 5.26 Å². The van der Waals surface area contributed by atoms with Crippen LogP contribution < -0.4 is 0 Å². The summed E-state index contributed by atoms with van der Waals surface area (Å²) in [4.78, 5) is 0. The van der Waals surface area contributed by atoms with Gasteiger partial charge in [-0.05, 0) is 41.8 Å². The van der Waals surface area contributed by atoms with Crippen molar-refractivity contribution in [2.45, 2.75) is 12.3 Å². The van der Waals surface area contributed by atoms with Crippen molar-refractivity contribution in [1.29, 1.82) is 5.26 Å². The zero-order chi connectivity index (χ0) is 13.0. The van der Waals surface area contributed by atoms with E-state index in [0.717, 1.165) is 15.6 Å². The smallest absolute Gasteiger partial charge is 0.123 e. The average Bonchev–Trinajstić information content (AvgIpc) is 2.38. The summed E-state index contributed by atoms with van der Waals surface area (Å²) in [6.07, 6.45) is 0.591. The van der Waals surface area contributed by atoms with E-state index in [4.69, 9.17) is 0 Å². The molecule has 0 aliphatic heterocycles. The fraction of sp³-hybridized carbons (Fsp3) is 0.133. The van der Waals surface area contributed by atoms with Crippen molar-refractivity contribution in [1.82, 2.24) is 0 Å². The molecule has 2 aromatic carbocycles. The molecular formula is C15H11BrFN. The maximum atomic E-state index is 13.1. The fourth-order valence-corrected chi connectivity index (χ4v) is 2.08. The van der Waals surface area contributed by atoms with Crippen LogP contribution in [0.25, 0.3) is 0 Å². The number of hydrogen-bond acceptors (Lipinski definition) is 1. The molecule has 1 nitrogen and oxygen atoms in total. The molecule has 18 heavy (non-hydrogen) atoms. The monoisotopic (exact) mass is 303 g/mol. The summed E-state index contributed by atoms with van der Waals surface area (Å²) in [6, 6.07) is 16.3. The van der Waals surface area contributed by atoms with E-state index in [1.165, 1.54) is 12.1 Å². The molecule has 3 heteroatoms. The van der Waals surface area contributed by atoms with Crippen LogP contribution in [0.1, 0.15) is 17.0 Å². The normalized spacial score (nSPS) is 11.8. The van der Waals surface area contributed by atoms with Gasteiger partial charge in [0.15, 0.2) is 0 Å². The SMILES string of the molecule is N#CC(Cc1ccc(Br)cc1)c1cccc(F)c1. The number of halogens is 2. The maximum absolute atomic E-state index is 13.1. The Hall–Kier alpha value is -1.66. The Bertz CT molecular complexity index is 572. The first-order chi connectivity index (χ1) is 8.69.